The Morgan fingerprint density at radius 2 is 1.68 bits per heavy atom. The number of carboxylic acid groups (broad SMARTS) is 1. The quantitative estimate of drug-likeness (QED) is 0.285. The largest absolute Gasteiger partial charge is 0.480 e. The molecule has 9 nitrogen and oxygen atoms in total. The second-order valence-electron chi connectivity index (χ2n) is 4.10. The molecule has 0 spiro atoms. The Balaban J connectivity index is 4.67. The fraction of sp³-hybridized carbons (Fsp3) is 0.700. The van der Waals surface area contributed by atoms with Gasteiger partial charge in [0.15, 0.2) is 6.04 Å². The molecule has 19 heavy (non-hydrogen) atoms. The van der Waals surface area contributed by atoms with Crippen LogP contribution in [0.25, 0.3) is 0 Å². The maximum Gasteiger partial charge on any atom is 0.328 e. The molecule has 7 N–H and O–H groups in total. The summed E-state index contributed by atoms with van der Waals surface area (Å²) in [5.41, 5.74) is 5.28. The minimum Gasteiger partial charge on any atom is -0.480 e. The van der Waals surface area contributed by atoms with E-state index in [1.165, 1.54) is 13.8 Å². The molecule has 4 atom stereocenters. The van der Waals surface area contributed by atoms with Crippen LogP contribution in [-0.4, -0.2) is 63.9 Å². The van der Waals surface area contributed by atoms with Gasteiger partial charge in [0.2, 0.25) is 11.8 Å². The molecule has 0 aliphatic heterocycles. The van der Waals surface area contributed by atoms with Crippen LogP contribution in [0, 0.1) is 0 Å². The Labute approximate surface area is 109 Å². The lowest BCUT2D eigenvalue weighted by atomic mass is 10.1. The van der Waals surface area contributed by atoms with Gasteiger partial charge in [-0.2, -0.15) is 0 Å². The molecule has 0 fully saturated rings. The number of aliphatic carboxylic acids is 1. The summed E-state index contributed by atoms with van der Waals surface area (Å²) < 4.78 is 0. The van der Waals surface area contributed by atoms with Crippen molar-refractivity contribution in [3.63, 3.8) is 0 Å². The predicted molar refractivity (Wildman–Crippen MR) is 63.9 cm³/mol. The number of rotatable bonds is 7. The summed E-state index contributed by atoms with van der Waals surface area (Å²) in [5, 5.41) is 31.1. The molecule has 0 saturated carbocycles. The third-order valence-corrected chi connectivity index (χ3v) is 2.28. The first-order valence-electron chi connectivity index (χ1n) is 5.58. The second-order valence-corrected chi connectivity index (χ2v) is 4.10. The number of carbonyl (C=O) groups is 3. The van der Waals surface area contributed by atoms with Gasteiger partial charge in [0.1, 0.15) is 6.04 Å². The fourth-order valence-electron chi connectivity index (χ4n) is 1.14. The number of aliphatic hydroxyl groups excluding tert-OH is 2. The van der Waals surface area contributed by atoms with E-state index in [1.807, 2.05) is 5.32 Å². The zero-order valence-corrected chi connectivity index (χ0v) is 10.7. The van der Waals surface area contributed by atoms with Crippen LogP contribution in [0.5, 0.6) is 0 Å². The van der Waals surface area contributed by atoms with Crippen LogP contribution in [0.2, 0.25) is 0 Å². The van der Waals surface area contributed by atoms with Gasteiger partial charge in [-0.25, -0.2) is 4.79 Å². The summed E-state index contributed by atoms with van der Waals surface area (Å²) in [6.07, 6.45) is -1.33. The molecule has 0 aromatic rings. The first kappa shape index (κ1) is 17.3. The van der Waals surface area contributed by atoms with Crippen molar-refractivity contribution in [2.24, 2.45) is 5.73 Å². The number of carboxylic acids is 1. The van der Waals surface area contributed by atoms with Gasteiger partial charge in [-0.15, -0.1) is 0 Å². The van der Waals surface area contributed by atoms with E-state index >= 15 is 0 Å². The lowest BCUT2D eigenvalue weighted by Gasteiger charge is -2.22. The van der Waals surface area contributed by atoms with Crippen LogP contribution in [0.1, 0.15) is 13.8 Å². The number of aliphatic hydroxyl groups is 2. The topological polar surface area (TPSA) is 162 Å². The van der Waals surface area contributed by atoms with Crippen molar-refractivity contribution in [3.8, 4) is 0 Å². The number of nitrogens with two attached hydrogens (primary N) is 1. The van der Waals surface area contributed by atoms with E-state index in [-0.39, 0.29) is 0 Å². The molecule has 0 bridgehead atoms. The van der Waals surface area contributed by atoms with Crippen LogP contribution in [0.15, 0.2) is 0 Å². The maximum absolute atomic E-state index is 11.7. The first-order valence-corrected chi connectivity index (χ1v) is 5.58. The molecule has 9 heteroatoms. The molecule has 0 saturated heterocycles. The second kappa shape index (κ2) is 7.67. The summed E-state index contributed by atoms with van der Waals surface area (Å²) in [4.78, 5) is 33.7. The molecule has 0 aromatic carbocycles. The fourth-order valence-corrected chi connectivity index (χ4v) is 1.14. The first-order chi connectivity index (χ1) is 8.70. The van der Waals surface area contributed by atoms with Crippen molar-refractivity contribution in [1.82, 2.24) is 10.6 Å². The molecule has 0 aliphatic carbocycles. The van der Waals surface area contributed by atoms with E-state index in [2.05, 4.69) is 5.32 Å². The van der Waals surface area contributed by atoms with Gasteiger partial charge >= 0.3 is 5.97 Å². The van der Waals surface area contributed by atoms with E-state index in [4.69, 9.17) is 15.9 Å². The van der Waals surface area contributed by atoms with E-state index in [0.29, 0.717) is 0 Å². The van der Waals surface area contributed by atoms with E-state index in [9.17, 15) is 19.5 Å². The molecule has 0 aromatic heterocycles. The average molecular weight is 277 g/mol. The van der Waals surface area contributed by atoms with Crippen molar-refractivity contribution >= 4 is 17.8 Å². The molecule has 0 aliphatic rings. The molecule has 0 unspecified atom stereocenters. The minimum absolute atomic E-state index is 0.668. The SMILES string of the molecule is C[C@H](N)C(=O)N[C@@H](CO)C(=O)N[C@H](C(=O)O)[C@@H](C)O. The van der Waals surface area contributed by atoms with E-state index in [0.717, 1.165) is 0 Å². The lowest BCUT2D eigenvalue weighted by molar-refractivity contribution is -0.145. The van der Waals surface area contributed by atoms with Crippen LogP contribution in [0.3, 0.4) is 0 Å². The minimum atomic E-state index is -1.53. The van der Waals surface area contributed by atoms with Gasteiger partial charge in [-0.05, 0) is 13.8 Å². The number of hydrogen-bond donors (Lipinski definition) is 6. The van der Waals surface area contributed by atoms with Gasteiger partial charge in [0, 0.05) is 0 Å². The highest BCUT2D eigenvalue weighted by Gasteiger charge is 2.29. The summed E-state index contributed by atoms with van der Waals surface area (Å²) >= 11 is 0. The van der Waals surface area contributed by atoms with Gasteiger partial charge in [-0.3, -0.25) is 9.59 Å². The molecule has 0 rings (SSSR count). The van der Waals surface area contributed by atoms with Crippen LogP contribution in [0.4, 0.5) is 0 Å². The molecule has 0 radical (unpaired) electrons. The zero-order chi connectivity index (χ0) is 15.2. The highest BCUT2D eigenvalue weighted by molar-refractivity contribution is 5.91. The highest BCUT2D eigenvalue weighted by Crippen LogP contribution is 1.95. The standard InChI is InChI=1S/C10H19N3O6/c1-4(11)8(16)12-6(3-14)9(17)13-7(5(2)15)10(18)19/h4-7,14-15H,3,11H2,1-2H3,(H,12,16)(H,13,17)(H,18,19)/t4-,5+,6-,7-/m0/s1. The number of nitrogens with one attached hydrogen (secondary N) is 2. The normalized spacial score (nSPS) is 16.9. The van der Waals surface area contributed by atoms with Crippen molar-refractivity contribution in [2.45, 2.75) is 38.1 Å². The van der Waals surface area contributed by atoms with Gasteiger partial charge in [0.05, 0.1) is 18.8 Å². The highest BCUT2D eigenvalue weighted by atomic mass is 16.4. The number of amides is 2. The maximum atomic E-state index is 11.7. The van der Waals surface area contributed by atoms with Gasteiger partial charge in [-0.1, -0.05) is 0 Å². The number of carbonyl (C=O) groups excluding carboxylic acids is 2. The lowest BCUT2D eigenvalue weighted by Crippen LogP contribution is -2.57. The Hall–Kier alpha value is -1.71. The third-order valence-electron chi connectivity index (χ3n) is 2.28. The van der Waals surface area contributed by atoms with E-state index < -0.39 is 48.6 Å². The molecule has 0 heterocycles. The Bertz CT molecular complexity index is 344. The summed E-state index contributed by atoms with van der Waals surface area (Å²) in [6.45, 7) is 1.85. The Morgan fingerprint density at radius 1 is 1.16 bits per heavy atom. The van der Waals surface area contributed by atoms with Crippen molar-refractivity contribution in [3.05, 3.63) is 0 Å². The molecular formula is C10H19N3O6. The molecular weight excluding hydrogens is 258 g/mol. The zero-order valence-electron chi connectivity index (χ0n) is 10.7. The average Bonchev–Trinajstić information content (AvgIpc) is 2.31. The van der Waals surface area contributed by atoms with Crippen LogP contribution >= 0.6 is 0 Å². The summed E-state index contributed by atoms with van der Waals surface area (Å²) in [5.74, 6) is -3.03. The monoisotopic (exact) mass is 277 g/mol. The summed E-state index contributed by atoms with van der Waals surface area (Å²) in [7, 11) is 0. The van der Waals surface area contributed by atoms with Gasteiger partial charge < -0.3 is 31.7 Å². The number of hydrogen-bond acceptors (Lipinski definition) is 6. The Kier molecular flexibility index (Phi) is 6.98. The third kappa shape index (κ3) is 5.64. The smallest absolute Gasteiger partial charge is 0.328 e. The van der Waals surface area contributed by atoms with Crippen molar-refractivity contribution in [1.29, 1.82) is 0 Å². The Morgan fingerprint density at radius 3 is 2.00 bits per heavy atom. The van der Waals surface area contributed by atoms with Crippen molar-refractivity contribution < 1.29 is 29.7 Å². The predicted octanol–water partition coefficient (Wildman–Crippen LogP) is -3.24. The summed E-state index contributed by atoms with van der Waals surface area (Å²) in [6, 6.07) is -3.75. The molecule has 2 amide bonds. The molecule has 110 valence electrons. The van der Waals surface area contributed by atoms with Crippen LogP contribution in [-0.2, 0) is 14.4 Å². The van der Waals surface area contributed by atoms with Crippen molar-refractivity contribution in [2.75, 3.05) is 6.61 Å². The van der Waals surface area contributed by atoms with Gasteiger partial charge in [0.25, 0.3) is 0 Å². The van der Waals surface area contributed by atoms with Crippen LogP contribution < -0.4 is 16.4 Å². The van der Waals surface area contributed by atoms with E-state index in [1.54, 1.807) is 0 Å².